The summed E-state index contributed by atoms with van der Waals surface area (Å²) in [6.45, 7) is 8.30. The second-order valence-electron chi connectivity index (χ2n) is 6.34. The zero-order valence-electron chi connectivity index (χ0n) is 12.9. The number of rotatable bonds is 7. The Hall–Kier alpha value is -1.32. The molecule has 4 nitrogen and oxygen atoms in total. The van der Waals surface area contributed by atoms with Crippen LogP contribution in [0.15, 0.2) is 0 Å². The molecular formula is C16H26N4. The molecule has 2 saturated carbocycles. The molecule has 0 amide bonds. The summed E-state index contributed by atoms with van der Waals surface area (Å²) >= 11 is 0. The first-order chi connectivity index (χ1) is 9.68. The number of anilines is 2. The summed E-state index contributed by atoms with van der Waals surface area (Å²) < 4.78 is 0. The molecule has 2 N–H and O–H groups in total. The van der Waals surface area contributed by atoms with Crippen molar-refractivity contribution in [3.8, 4) is 0 Å². The summed E-state index contributed by atoms with van der Waals surface area (Å²) in [4.78, 5) is 9.27. The van der Waals surface area contributed by atoms with Crippen molar-refractivity contribution in [1.29, 1.82) is 0 Å². The number of nitrogens with one attached hydrogen (secondary N) is 2. The molecule has 0 aromatic carbocycles. The van der Waals surface area contributed by atoms with Crippen LogP contribution in [0.5, 0.6) is 0 Å². The van der Waals surface area contributed by atoms with Gasteiger partial charge in [0.1, 0.15) is 17.5 Å². The number of hydrogen-bond donors (Lipinski definition) is 2. The van der Waals surface area contributed by atoms with E-state index in [1.807, 2.05) is 0 Å². The minimum Gasteiger partial charge on any atom is -0.370 e. The normalized spacial score (nSPS) is 19.8. The van der Waals surface area contributed by atoms with Crippen LogP contribution in [0.1, 0.15) is 50.9 Å². The second kappa shape index (κ2) is 5.23. The van der Waals surface area contributed by atoms with E-state index in [0.717, 1.165) is 48.5 Å². The van der Waals surface area contributed by atoms with Crippen molar-refractivity contribution in [2.24, 2.45) is 11.3 Å². The van der Waals surface area contributed by atoms with Crippen molar-refractivity contribution in [3.05, 3.63) is 11.4 Å². The molecule has 1 heterocycles. The van der Waals surface area contributed by atoms with Gasteiger partial charge in [-0.2, -0.15) is 0 Å². The first kappa shape index (κ1) is 13.7. The van der Waals surface area contributed by atoms with E-state index in [0.29, 0.717) is 5.41 Å². The fourth-order valence-corrected chi connectivity index (χ4v) is 3.08. The standard InChI is InChI=1S/C16H26N4/c1-4-13-19-14(17-5-2)11(3)15(20-13)18-10-16(8-9-16)12-6-7-12/h12H,4-10H2,1-3H3,(H2,17,18,19,20). The fourth-order valence-electron chi connectivity index (χ4n) is 3.08. The molecule has 1 aromatic heterocycles. The van der Waals surface area contributed by atoms with Crippen LogP contribution in [0.2, 0.25) is 0 Å². The van der Waals surface area contributed by atoms with Crippen molar-refractivity contribution >= 4 is 11.6 Å². The highest BCUT2D eigenvalue weighted by atomic mass is 15.1. The van der Waals surface area contributed by atoms with Gasteiger partial charge >= 0.3 is 0 Å². The Morgan fingerprint density at radius 1 is 1.10 bits per heavy atom. The first-order valence-corrected chi connectivity index (χ1v) is 8.04. The molecule has 2 fully saturated rings. The maximum Gasteiger partial charge on any atom is 0.134 e. The third-order valence-corrected chi connectivity index (χ3v) is 4.80. The maximum absolute atomic E-state index is 4.68. The van der Waals surface area contributed by atoms with E-state index in [9.17, 15) is 0 Å². The molecule has 0 saturated heterocycles. The van der Waals surface area contributed by atoms with Gasteiger partial charge in [-0.15, -0.1) is 0 Å². The van der Waals surface area contributed by atoms with Crippen molar-refractivity contribution in [2.45, 2.75) is 52.9 Å². The van der Waals surface area contributed by atoms with Crippen molar-refractivity contribution in [2.75, 3.05) is 23.7 Å². The Morgan fingerprint density at radius 2 is 1.75 bits per heavy atom. The smallest absolute Gasteiger partial charge is 0.134 e. The molecule has 2 aliphatic rings. The summed E-state index contributed by atoms with van der Waals surface area (Å²) in [6, 6.07) is 0. The van der Waals surface area contributed by atoms with Crippen LogP contribution >= 0.6 is 0 Å². The van der Waals surface area contributed by atoms with Crippen molar-refractivity contribution in [1.82, 2.24) is 9.97 Å². The zero-order chi connectivity index (χ0) is 14.2. The third-order valence-electron chi connectivity index (χ3n) is 4.80. The molecule has 0 atom stereocenters. The molecule has 0 spiro atoms. The van der Waals surface area contributed by atoms with Gasteiger partial charge in [0, 0.05) is 25.1 Å². The predicted molar refractivity (Wildman–Crippen MR) is 83.2 cm³/mol. The van der Waals surface area contributed by atoms with Crippen LogP contribution in [-0.2, 0) is 6.42 Å². The van der Waals surface area contributed by atoms with Gasteiger partial charge in [-0.25, -0.2) is 9.97 Å². The van der Waals surface area contributed by atoms with E-state index in [2.05, 4.69) is 41.4 Å². The molecule has 0 bridgehead atoms. The summed E-state index contributed by atoms with van der Waals surface area (Å²) in [5.74, 6) is 3.92. The average molecular weight is 274 g/mol. The van der Waals surface area contributed by atoms with Crippen LogP contribution in [0.3, 0.4) is 0 Å². The van der Waals surface area contributed by atoms with Crippen molar-refractivity contribution in [3.63, 3.8) is 0 Å². The topological polar surface area (TPSA) is 49.8 Å². The van der Waals surface area contributed by atoms with E-state index in [1.54, 1.807) is 0 Å². The largest absolute Gasteiger partial charge is 0.370 e. The lowest BCUT2D eigenvalue weighted by molar-refractivity contribution is 0.466. The molecule has 0 aliphatic heterocycles. The van der Waals surface area contributed by atoms with Gasteiger partial charge in [0.25, 0.3) is 0 Å². The van der Waals surface area contributed by atoms with Gasteiger partial charge in [-0.3, -0.25) is 0 Å². The van der Waals surface area contributed by atoms with Gasteiger partial charge in [0.2, 0.25) is 0 Å². The average Bonchev–Trinajstić information content (AvgIpc) is 3.32. The van der Waals surface area contributed by atoms with E-state index >= 15 is 0 Å². The summed E-state index contributed by atoms with van der Waals surface area (Å²) in [5, 5.41) is 6.97. The van der Waals surface area contributed by atoms with Crippen molar-refractivity contribution < 1.29 is 0 Å². The quantitative estimate of drug-likeness (QED) is 0.800. The van der Waals surface area contributed by atoms with Gasteiger partial charge < -0.3 is 10.6 Å². The number of aromatic nitrogens is 2. The lowest BCUT2D eigenvalue weighted by Gasteiger charge is -2.18. The third kappa shape index (κ3) is 2.60. The Morgan fingerprint density at radius 3 is 2.25 bits per heavy atom. The minimum absolute atomic E-state index is 0.599. The molecule has 2 aliphatic carbocycles. The van der Waals surface area contributed by atoms with Crippen LogP contribution in [0.4, 0.5) is 11.6 Å². The SMILES string of the molecule is CCNc1nc(CC)nc(NCC2(C3CC3)CC2)c1C. The number of hydrogen-bond acceptors (Lipinski definition) is 4. The fraction of sp³-hybridized carbons (Fsp3) is 0.750. The Balaban J connectivity index is 1.75. The minimum atomic E-state index is 0.599. The molecule has 20 heavy (non-hydrogen) atoms. The van der Waals surface area contributed by atoms with Gasteiger partial charge in [0.05, 0.1) is 0 Å². The monoisotopic (exact) mass is 274 g/mol. The molecule has 110 valence electrons. The Bertz CT molecular complexity index is 489. The van der Waals surface area contributed by atoms with Crippen LogP contribution in [0, 0.1) is 18.3 Å². The lowest BCUT2D eigenvalue weighted by Crippen LogP contribution is -2.19. The van der Waals surface area contributed by atoms with Gasteiger partial charge in [0.15, 0.2) is 0 Å². The maximum atomic E-state index is 4.68. The van der Waals surface area contributed by atoms with Gasteiger partial charge in [-0.05, 0) is 50.9 Å². The number of nitrogens with zero attached hydrogens (tertiary/aromatic N) is 2. The van der Waals surface area contributed by atoms with E-state index < -0.39 is 0 Å². The first-order valence-electron chi connectivity index (χ1n) is 8.04. The van der Waals surface area contributed by atoms with Gasteiger partial charge in [-0.1, -0.05) is 6.92 Å². The van der Waals surface area contributed by atoms with Crippen LogP contribution in [0.25, 0.3) is 0 Å². The lowest BCUT2D eigenvalue weighted by atomic mass is 10.0. The molecule has 0 radical (unpaired) electrons. The molecule has 4 heteroatoms. The van der Waals surface area contributed by atoms with E-state index in [-0.39, 0.29) is 0 Å². The Labute approximate surface area is 121 Å². The van der Waals surface area contributed by atoms with Crippen LogP contribution < -0.4 is 10.6 Å². The number of aryl methyl sites for hydroxylation is 1. The zero-order valence-corrected chi connectivity index (χ0v) is 12.9. The summed E-state index contributed by atoms with van der Waals surface area (Å²) in [6.07, 6.45) is 6.55. The molecule has 1 aromatic rings. The second-order valence-corrected chi connectivity index (χ2v) is 6.34. The summed E-state index contributed by atoms with van der Waals surface area (Å²) in [5.41, 5.74) is 1.75. The highest BCUT2D eigenvalue weighted by Gasteiger charge is 2.53. The highest BCUT2D eigenvalue weighted by molar-refractivity contribution is 5.57. The highest BCUT2D eigenvalue weighted by Crippen LogP contribution is 2.61. The van der Waals surface area contributed by atoms with E-state index in [1.165, 1.54) is 25.7 Å². The molecular weight excluding hydrogens is 248 g/mol. The predicted octanol–water partition coefficient (Wildman–Crippen LogP) is 3.38. The Kier molecular flexibility index (Phi) is 3.57. The van der Waals surface area contributed by atoms with Crippen LogP contribution in [-0.4, -0.2) is 23.1 Å². The summed E-state index contributed by atoms with van der Waals surface area (Å²) in [7, 11) is 0. The molecule has 3 rings (SSSR count). The van der Waals surface area contributed by atoms with E-state index in [4.69, 9.17) is 0 Å². The molecule has 0 unspecified atom stereocenters.